The van der Waals surface area contributed by atoms with Crippen LogP contribution in [0.2, 0.25) is 25.7 Å². The normalized spacial score (nSPS) is 25.5. The number of fused-ring (bicyclic) bond motifs is 1. The van der Waals surface area contributed by atoms with Crippen molar-refractivity contribution >= 4 is 37.1 Å². The fraction of sp³-hybridized carbons (Fsp3) is 0.640. The molecule has 1 saturated carbocycles. The lowest BCUT2D eigenvalue weighted by Crippen LogP contribution is -2.47. The van der Waals surface area contributed by atoms with Crippen LogP contribution in [0.3, 0.4) is 0 Å². The van der Waals surface area contributed by atoms with Gasteiger partial charge < -0.3 is 14.2 Å². The first-order valence-corrected chi connectivity index (χ1v) is 16.5. The van der Waals surface area contributed by atoms with Crippen LogP contribution in [0, 0.1) is 17.6 Å². The van der Waals surface area contributed by atoms with Crippen LogP contribution in [-0.4, -0.2) is 61.0 Å². The monoisotopic (exact) mass is 542 g/mol. The van der Waals surface area contributed by atoms with E-state index >= 15 is 4.39 Å². The van der Waals surface area contributed by atoms with Crippen molar-refractivity contribution in [2.75, 3.05) is 20.4 Å². The SMILES string of the molecule is COC(=O)C12CC1C(C)(c1cccc(F)c1F)N=C(N(COCC[Si](C)(C)C)C(=O)OC(C)(C)C)S2. The molecule has 1 aliphatic carbocycles. The van der Waals surface area contributed by atoms with Gasteiger partial charge in [0.05, 0.1) is 12.6 Å². The number of aliphatic imine (C=N–C) groups is 1. The van der Waals surface area contributed by atoms with Crippen LogP contribution in [0.4, 0.5) is 13.6 Å². The predicted molar refractivity (Wildman–Crippen MR) is 139 cm³/mol. The molecule has 2 aliphatic rings. The van der Waals surface area contributed by atoms with Gasteiger partial charge in [0.1, 0.15) is 17.1 Å². The molecule has 1 fully saturated rings. The zero-order valence-electron chi connectivity index (χ0n) is 22.2. The van der Waals surface area contributed by atoms with Gasteiger partial charge >= 0.3 is 12.1 Å². The van der Waals surface area contributed by atoms with Gasteiger partial charge in [-0.15, -0.1) is 0 Å². The van der Waals surface area contributed by atoms with E-state index in [-0.39, 0.29) is 17.5 Å². The molecule has 0 spiro atoms. The summed E-state index contributed by atoms with van der Waals surface area (Å²) in [6, 6.07) is 4.78. The number of esters is 1. The molecule has 0 aromatic heterocycles. The Morgan fingerprint density at radius 3 is 2.50 bits per heavy atom. The van der Waals surface area contributed by atoms with E-state index < -0.39 is 53.6 Å². The number of thioether (sulfide) groups is 1. The van der Waals surface area contributed by atoms with E-state index in [1.165, 1.54) is 24.1 Å². The number of hydrogen-bond acceptors (Lipinski definition) is 7. The third-order valence-corrected chi connectivity index (χ3v) is 9.46. The molecular weight excluding hydrogens is 506 g/mol. The zero-order chi connectivity index (χ0) is 27.1. The van der Waals surface area contributed by atoms with E-state index in [1.54, 1.807) is 27.7 Å². The molecule has 0 N–H and O–H groups in total. The van der Waals surface area contributed by atoms with Gasteiger partial charge in [0.25, 0.3) is 0 Å². The van der Waals surface area contributed by atoms with Gasteiger partial charge in [0.15, 0.2) is 16.8 Å². The number of amidine groups is 1. The van der Waals surface area contributed by atoms with Gasteiger partial charge in [-0.25, -0.2) is 18.5 Å². The maximum Gasteiger partial charge on any atom is 0.418 e. The van der Waals surface area contributed by atoms with Gasteiger partial charge in [0.2, 0.25) is 0 Å². The number of rotatable bonds is 7. The number of carbonyl (C=O) groups is 2. The van der Waals surface area contributed by atoms with Crippen LogP contribution in [-0.2, 0) is 24.5 Å². The molecule has 7 nitrogen and oxygen atoms in total. The molecule has 1 aliphatic heterocycles. The van der Waals surface area contributed by atoms with E-state index in [9.17, 15) is 14.0 Å². The maximum absolute atomic E-state index is 15.0. The lowest BCUT2D eigenvalue weighted by Gasteiger charge is -2.37. The minimum absolute atomic E-state index is 0.0138. The lowest BCUT2D eigenvalue weighted by atomic mass is 9.85. The number of carbonyl (C=O) groups excluding carboxylic acids is 2. The first kappa shape index (κ1) is 28.6. The van der Waals surface area contributed by atoms with Crippen molar-refractivity contribution in [1.29, 1.82) is 0 Å². The highest BCUT2D eigenvalue weighted by Gasteiger charge is 2.72. The predicted octanol–water partition coefficient (Wildman–Crippen LogP) is 5.76. The molecule has 3 rings (SSSR count). The van der Waals surface area contributed by atoms with Crippen molar-refractivity contribution in [2.45, 2.75) is 75.7 Å². The van der Waals surface area contributed by atoms with E-state index in [1.807, 2.05) is 0 Å². The van der Waals surface area contributed by atoms with Gasteiger partial charge in [-0.2, -0.15) is 0 Å². The van der Waals surface area contributed by atoms with Gasteiger partial charge in [0, 0.05) is 26.2 Å². The lowest BCUT2D eigenvalue weighted by molar-refractivity contribution is -0.141. The molecular formula is C25H36F2N2O5SSi. The Balaban J connectivity index is 2.05. The second kappa shape index (κ2) is 10.1. The molecule has 200 valence electrons. The molecule has 36 heavy (non-hydrogen) atoms. The first-order chi connectivity index (χ1) is 16.5. The molecule has 11 heteroatoms. The summed E-state index contributed by atoms with van der Waals surface area (Å²) in [6.45, 7) is 13.8. The Morgan fingerprint density at radius 2 is 1.92 bits per heavy atom. The van der Waals surface area contributed by atoms with Crippen LogP contribution in [0.5, 0.6) is 0 Å². The van der Waals surface area contributed by atoms with Gasteiger partial charge in [-0.3, -0.25) is 9.79 Å². The zero-order valence-corrected chi connectivity index (χ0v) is 24.1. The Kier molecular flexibility index (Phi) is 7.98. The Hall–Kier alpha value is -1.98. The fourth-order valence-corrected chi connectivity index (χ4v) is 6.55. The minimum Gasteiger partial charge on any atom is -0.468 e. The Bertz CT molecular complexity index is 1060. The van der Waals surface area contributed by atoms with Crippen LogP contribution < -0.4 is 0 Å². The molecule has 1 aromatic carbocycles. The van der Waals surface area contributed by atoms with Crippen molar-refractivity contribution in [3.05, 3.63) is 35.4 Å². The molecule has 1 amide bonds. The highest BCUT2D eigenvalue weighted by molar-refractivity contribution is 8.15. The van der Waals surface area contributed by atoms with Crippen molar-refractivity contribution in [1.82, 2.24) is 4.90 Å². The smallest absolute Gasteiger partial charge is 0.418 e. The van der Waals surface area contributed by atoms with E-state index in [0.29, 0.717) is 13.0 Å². The minimum atomic E-state index is -1.38. The number of methoxy groups -OCH3 is 1. The summed E-state index contributed by atoms with van der Waals surface area (Å²) >= 11 is 1.09. The van der Waals surface area contributed by atoms with Crippen LogP contribution in [0.15, 0.2) is 23.2 Å². The number of benzene rings is 1. The standard InChI is InChI=1S/C25H36F2N2O5SSi/c1-23(2,3)34-22(31)29(15-33-12-13-36(6,7)8)21-28-24(4,16-10-9-11-17(26)19(16)27)18-14-25(18,35-21)20(30)32-5/h9-11,18H,12-15H2,1-8H3. The van der Waals surface area contributed by atoms with Crippen molar-refractivity contribution in [2.24, 2.45) is 10.9 Å². The van der Waals surface area contributed by atoms with Crippen LogP contribution in [0.25, 0.3) is 0 Å². The van der Waals surface area contributed by atoms with Crippen LogP contribution in [0.1, 0.15) is 39.7 Å². The second-order valence-electron chi connectivity index (χ2n) is 11.6. The van der Waals surface area contributed by atoms with Gasteiger partial charge in [-0.05, 0) is 46.2 Å². The van der Waals surface area contributed by atoms with Crippen molar-refractivity contribution in [3.8, 4) is 0 Å². The summed E-state index contributed by atoms with van der Waals surface area (Å²) in [5, 5.41) is 0.141. The van der Waals surface area contributed by atoms with Crippen molar-refractivity contribution < 1.29 is 32.6 Å². The number of halogens is 2. The summed E-state index contributed by atoms with van der Waals surface area (Å²) in [6.07, 6.45) is -0.370. The highest BCUT2D eigenvalue weighted by atomic mass is 32.2. The average Bonchev–Trinajstić information content (AvgIpc) is 3.50. The largest absolute Gasteiger partial charge is 0.468 e. The van der Waals surface area contributed by atoms with E-state index in [0.717, 1.165) is 23.9 Å². The van der Waals surface area contributed by atoms with E-state index in [2.05, 4.69) is 19.6 Å². The molecule has 0 bridgehead atoms. The van der Waals surface area contributed by atoms with E-state index in [4.69, 9.17) is 19.2 Å². The molecule has 0 radical (unpaired) electrons. The van der Waals surface area contributed by atoms with Gasteiger partial charge in [-0.1, -0.05) is 43.5 Å². The maximum atomic E-state index is 15.0. The number of amides is 1. The number of hydrogen-bond donors (Lipinski definition) is 0. The number of ether oxygens (including phenoxy) is 3. The molecule has 0 saturated heterocycles. The fourth-order valence-electron chi connectivity index (χ4n) is 4.21. The molecule has 1 aromatic rings. The third kappa shape index (κ3) is 5.94. The summed E-state index contributed by atoms with van der Waals surface area (Å²) in [7, 11) is -0.101. The quantitative estimate of drug-likeness (QED) is 0.189. The summed E-state index contributed by atoms with van der Waals surface area (Å²) in [5.41, 5.74) is -2.10. The molecule has 3 unspecified atom stereocenters. The third-order valence-electron chi connectivity index (χ3n) is 6.28. The second-order valence-corrected chi connectivity index (χ2v) is 18.6. The van der Waals surface area contributed by atoms with Crippen LogP contribution >= 0.6 is 11.8 Å². The number of nitrogens with zero attached hydrogens (tertiary/aromatic N) is 2. The molecule has 1 heterocycles. The molecule has 3 atom stereocenters. The Morgan fingerprint density at radius 1 is 1.25 bits per heavy atom. The first-order valence-electron chi connectivity index (χ1n) is 11.9. The highest BCUT2D eigenvalue weighted by Crippen LogP contribution is 2.67. The van der Waals surface area contributed by atoms with Crippen molar-refractivity contribution in [3.63, 3.8) is 0 Å². The Labute approximate surface area is 217 Å². The summed E-state index contributed by atoms with van der Waals surface area (Å²) in [4.78, 5) is 32.2. The summed E-state index contributed by atoms with van der Waals surface area (Å²) in [5.74, 6) is -2.99. The summed E-state index contributed by atoms with van der Waals surface area (Å²) < 4.78 is 44.7. The topological polar surface area (TPSA) is 77.4 Å². The average molecular weight is 543 g/mol.